The van der Waals surface area contributed by atoms with Crippen LogP contribution in [0, 0.1) is 23.0 Å². The predicted molar refractivity (Wildman–Crippen MR) is 79.5 cm³/mol. The van der Waals surface area contributed by atoms with E-state index in [9.17, 15) is 15.2 Å². The Morgan fingerprint density at radius 3 is 2.86 bits per heavy atom. The lowest BCUT2D eigenvalue weighted by Crippen LogP contribution is -2.46. The number of nitrogens with zero attached hydrogens (tertiary/aromatic N) is 3. The van der Waals surface area contributed by atoms with Crippen molar-refractivity contribution >= 4 is 23.1 Å². The fourth-order valence-corrected chi connectivity index (χ4v) is 3.26. The molecule has 0 radical (unpaired) electrons. The molecule has 1 fully saturated rings. The molecule has 0 aliphatic heterocycles. The smallest absolute Gasteiger partial charge is 0.332 e. The lowest BCUT2D eigenvalue weighted by molar-refractivity contribution is -0.385. The number of aliphatic hydroxyl groups excluding tert-OH is 1. The normalized spacial score (nSPS) is 25.6. The van der Waals surface area contributed by atoms with Gasteiger partial charge in [-0.05, 0) is 37.3 Å². The number of nitro groups is 1. The van der Waals surface area contributed by atoms with Crippen LogP contribution in [0.15, 0.2) is 0 Å². The van der Waals surface area contributed by atoms with Crippen molar-refractivity contribution in [1.82, 2.24) is 9.97 Å². The molecule has 0 amide bonds. The summed E-state index contributed by atoms with van der Waals surface area (Å²) in [6, 6.07) is 0. The van der Waals surface area contributed by atoms with Crippen LogP contribution in [0.25, 0.3) is 0 Å². The second-order valence-corrected chi connectivity index (χ2v) is 6.14. The van der Waals surface area contributed by atoms with Crippen LogP contribution in [-0.2, 0) is 0 Å². The van der Waals surface area contributed by atoms with Gasteiger partial charge in [0.05, 0.1) is 17.1 Å². The fourth-order valence-electron chi connectivity index (χ4n) is 3.05. The van der Waals surface area contributed by atoms with Crippen molar-refractivity contribution in [2.45, 2.75) is 45.1 Å². The molecule has 2 rings (SSSR count). The topological polar surface area (TPSA) is 101 Å². The van der Waals surface area contributed by atoms with Crippen LogP contribution < -0.4 is 5.32 Å². The van der Waals surface area contributed by atoms with E-state index in [2.05, 4.69) is 22.2 Å². The highest BCUT2D eigenvalue weighted by molar-refractivity contribution is 6.28. The molecular formula is C13H19ClN4O3. The third-order valence-electron chi connectivity index (χ3n) is 3.99. The summed E-state index contributed by atoms with van der Waals surface area (Å²) in [6.45, 7) is 3.53. The number of halogens is 1. The SMILES string of the molecule is Cc1nc(Cl)nc(NC2(CO)CCCC(C)C2)c1[N+](=O)[O-]. The number of hydrogen-bond acceptors (Lipinski definition) is 6. The Labute approximate surface area is 127 Å². The molecule has 2 unspecified atom stereocenters. The number of aromatic nitrogens is 2. The Bertz CT molecular complexity index is 554. The minimum atomic E-state index is -0.591. The quantitative estimate of drug-likeness (QED) is 0.503. The number of aliphatic hydroxyl groups is 1. The molecule has 0 bridgehead atoms. The summed E-state index contributed by atoms with van der Waals surface area (Å²) in [6.07, 6.45) is 3.53. The Balaban J connectivity index is 2.39. The number of aryl methyl sites for hydroxylation is 1. The van der Waals surface area contributed by atoms with Gasteiger partial charge in [-0.1, -0.05) is 19.8 Å². The molecule has 2 atom stereocenters. The van der Waals surface area contributed by atoms with Gasteiger partial charge >= 0.3 is 5.69 Å². The Morgan fingerprint density at radius 1 is 1.57 bits per heavy atom. The standard InChI is InChI=1S/C13H19ClN4O3/c1-8-4-3-5-13(6-8,7-19)17-11-10(18(20)21)9(2)15-12(14)16-11/h8,19H,3-7H2,1-2H3,(H,15,16,17). The van der Waals surface area contributed by atoms with E-state index >= 15 is 0 Å². The van der Waals surface area contributed by atoms with Crippen molar-refractivity contribution in [3.63, 3.8) is 0 Å². The van der Waals surface area contributed by atoms with E-state index in [0.29, 0.717) is 5.92 Å². The monoisotopic (exact) mass is 314 g/mol. The zero-order valence-electron chi connectivity index (χ0n) is 12.1. The van der Waals surface area contributed by atoms with E-state index in [0.717, 1.165) is 25.7 Å². The van der Waals surface area contributed by atoms with Crippen LogP contribution in [0.5, 0.6) is 0 Å². The lowest BCUT2D eigenvalue weighted by atomic mass is 9.77. The first-order valence-corrected chi connectivity index (χ1v) is 7.32. The largest absolute Gasteiger partial charge is 0.394 e. The number of rotatable bonds is 4. The molecule has 0 spiro atoms. The van der Waals surface area contributed by atoms with Gasteiger partial charge in [0.2, 0.25) is 11.1 Å². The molecule has 1 aromatic heterocycles. The number of hydrogen-bond donors (Lipinski definition) is 2. The zero-order chi connectivity index (χ0) is 15.6. The summed E-state index contributed by atoms with van der Waals surface area (Å²) in [4.78, 5) is 18.5. The van der Waals surface area contributed by atoms with Crippen LogP contribution in [0.4, 0.5) is 11.5 Å². The third kappa shape index (κ3) is 3.41. The maximum Gasteiger partial charge on any atom is 0.332 e. The average molecular weight is 315 g/mol. The molecule has 7 nitrogen and oxygen atoms in total. The van der Waals surface area contributed by atoms with Gasteiger partial charge in [-0.2, -0.15) is 4.98 Å². The molecule has 1 aliphatic rings. The predicted octanol–water partition coefficient (Wildman–Crippen LogP) is 2.70. The van der Waals surface area contributed by atoms with E-state index in [1.807, 2.05) is 0 Å². The van der Waals surface area contributed by atoms with E-state index in [4.69, 9.17) is 11.6 Å². The molecular weight excluding hydrogens is 296 g/mol. The minimum absolute atomic E-state index is 0.0439. The number of nitrogens with one attached hydrogen (secondary N) is 1. The van der Waals surface area contributed by atoms with Gasteiger partial charge in [0.1, 0.15) is 5.69 Å². The molecule has 1 saturated carbocycles. The molecule has 1 aliphatic carbocycles. The molecule has 8 heteroatoms. The van der Waals surface area contributed by atoms with Crippen molar-refractivity contribution in [3.05, 3.63) is 21.1 Å². The first-order valence-electron chi connectivity index (χ1n) is 6.94. The van der Waals surface area contributed by atoms with E-state index < -0.39 is 10.5 Å². The summed E-state index contributed by atoms with van der Waals surface area (Å²) >= 11 is 5.81. The summed E-state index contributed by atoms with van der Waals surface area (Å²) in [5, 5.41) is 24.0. The zero-order valence-corrected chi connectivity index (χ0v) is 12.9. The van der Waals surface area contributed by atoms with E-state index in [1.54, 1.807) is 0 Å². The van der Waals surface area contributed by atoms with Gasteiger partial charge in [0, 0.05) is 0 Å². The maximum absolute atomic E-state index is 11.2. The number of anilines is 1. The average Bonchev–Trinajstić information content (AvgIpc) is 2.37. The van der Waals surface area contributed by atoms with Crippen molar-refractivity contribution in [2.24, 2.45) is 5.92 Å². The first-order chi connectivity index (χ1) is 9.87. The molecule has 116 valence electrons. The van der Waals surface area contributed by atoms with Crippen molar-refractivity contribution in [1.29, 1.82) is 0 Å². The van der Waals surface area contributed by atoms with E-state index in [-0.39, 0.29) is 29.1 Å². The molecule has 2 N–H and O–H groups in total. The van der Waals surface area contributed by atoms with E-state index in [1.165, 1.54) is 6.92 Å². The highest BCUT2D eigenvalue weighted by Gasteiger charge is 2.37. The molecule has 0 saturated heterocycles. The van der Waals surface area contributed by atoms with Gasteiger partial charge in [0.15, 0.2) is 0 Å². The summed E-state index contributed by atoms with van der Waals surface area (Å²) < 4.78 is 0. The Morgan fingerprint density at radius 2 is 2.29 bits per heavy atom. The van der Waals surface area contributed by atoms with Crippen LogP contribution in [-0.4, -0.2) is 32.1 Å². The Hall–Kier alpha value is -1.47. The van der Waals surface area contributed by atoms with Crippen LogP contribution >= 0.6 is 11.6 Å². The van der Waals surface area contributed by atoms with Gasteiger partial charge in [-0.25, -0.2) is 4.98 Å². The fraction of sp³-hybridized carbons (Fsp3) is 0.692. The molecule has 21 heavy (non-hydrogen) atoms. The lowest BCUT2D eigenvalue weighted by Gasteiger charge is -2.39. The van der Waals surface area contributed by atoms with Crippen LogP contribution in [0.3, 0.4) is 0 Å². The second-order valence-electron chi connectivity index (χ2n) is 5.80. The molecule has 1 aromatic rings. The van der Waals surface area contributed by atoms with Crippen LogP contribution in [0.2, 0.25) is 5.28 Å². The second kappa shape index (κ2) is 6.11. The van der Waals surface area contributed by atoms with Gasteiger partial charge in [-0.15, -0.1) is 0 Å². The van der Waals surface area contributed by atoms with Crippen molar-refractivity contribution in [2.75, 3.05) is 11.9 Å². The van der Waals surface area contributed by atoms with Crippen LogP contribution in [0.1, 0.15) is 38.3 Å². The van der Waals surface area contributed by atoms with Gasteiger partial charge in [-0.3, -0.25) is 10.1 Å². The van der Waals surface area contributed by atoms with Gasteiger partial charge < -0.3 is 10.4 Å². The van der Waals surface area contributed by atoms with Gasteiger partial charge in [0.25, 0.3) is 0 Å². The minimum Gasteiger partial charge on any atom is -0.394 e. The Kier molecular flexibility index (Phi) is 4.63. The highest BCUT2D eigenvalue weighted by atomic mass is 35.5. The maximum atomic E-state index is 11.2. The van der Waals surface area contributed by atoms with Crippen molar-refractivity contribution in [3.8, 4) is 0 Å². The van der Waals surface area contributed by atoms with Crippen molar-refractivity contribution < 1.29 is 10.0 Å². The summed E-state index contributed by atoms with van der Waals surface area (Å²) in [5.74, 6) is 0.525. The first kappa shape index (κ1) is 15.9. The molecule has 0 aromatic carbocycles. The third-order valence-corrected chi connectivity index (χ3v) is 4.16. The summed E-state index contributed by atoms with van der Waals surface area (Å²) in [5.41, 5.74) is -0.572. The highest BCUT2D eigenvalue weighted by Crippen LogP contribution is 2.37. The summed E-state index contributed by atoms with van der Waals surface area (Å²) in [7, 11) is 0. The molecule has 1 heterocycles.